The minimum absolute atomic E-state index is 0.0212. The number of anilines is 3. The number of ether oxygens (including phenoxy) is 1. The molecule has 2 heterocycles. The molecule has 4 rings (SSSR count). The van der Waals surface area contributed by atoms with E-state index in [4.69, 9.17) is 4.74 Å². The Labute approximate surface area is 222 Å². The average Bonchev–Trinajstić information content (AvgIpc) is 2.90. The van der Waals surface area contributed by atoms with Crippen LogP contribution >= 0.6 is 0 Å². The topological polar surface area (TPSA) is 86.1 Å². The molecular weight excluding hydrogens is 486 g/mol. The Bertz CT molecular complexity index is 1370. The maximum atomic E-state index is 15.4. The van der Waals surface area contributed by atoms with Crippen molar-refractivity contribution in [2.75, 3.05) is 29.9 Å². The molecule has 0 aliphatic carbocycles. The Balaban J connectivity index is 1.59. The van der Waals surface area contributed by atoms with Crippen LogP contribution in [-0.4, -0.2) is 35.6 Å². The maximum absolute atomic E-state index is 15.4. The van der Waals surface area contributed by atoms with Gasteiger partial charge in [0, 0.05) is 48.7 Å². The lowest BCUT2D eigenvalue weighted by Gasteiger charge is -2.33. The standard InChI is InChI=1S/C29H32F2N6O/c1-5-6-18(2)13-23-20(4)25(30)14-26(27(23)31)38-29-24(15-32)28(34-17-35-29)36-21-7-9-22(10-8-21)37-12-11-33-19(3)16-37/h7-10,13-14,17,19,33H,5-6,11-12,16H2,1-4H3,(H,34,35,36)/b18-13-/t19-/m0/s1. The third kappa shape index (κ3) is 6.09. The molecule has 1 aliphatic heterocycles. The Morgan fingerprint density at radius 1 is 1.29 bits per heavy atom. The summed E-state index contributed by atoms with van der Waals surface area (Å²) in [6, 6.07) is 11.2. The van der Waals surface area contributed by atoms with E-state index in [0.29, 0.717) is 11.7 Å². The molecule has 198 valence electrons. The van der Waals surface area contributed by atoms with Crippen molar-refractivity contribution in [1.29, 1.82) is 5.26 Å². The number of nitriles is 1. The summed E-state index contributed by atoms with van der Waals surface area (Å²) >= 11 is 0. The lowest BCUT2D eigenvalue weighted by molar-refractivity contribution is 0.419. The van der Waals surface area contributed by atoms with E-state index in [0.717, 1.165) is 49.8 Å². The minimum Gasteiger partial charge on any atom is -0.434 e. The number of benzene rings is 2. The fourth-order valence-corrected chi connectivity index (χ4v) is 4.48. The number of halogens is 2. The summed E-state index contributed by atoms with van der Waals surface area (Å²) in [5.74, 6) is -1.64. The predicted octanol–water partition coefficient (Wildman–Crippen LogP) is 6.47. The van der Waals surface area contributed by atoms with Gasteiger partial charge >= 0.3 is 0 Å². The Hall–Kier alpha value is -4.03. The van der Waals surface area contributed by atoms with Crippen LogP contribution in [0.1, 0.15) is 50.3 Å². The molecule has 38 heavy (non-hydrogen) atoms. The fourth-order valence-electron chi connectivity index (χ4n) is 4.48. The van der Waals surface area contributed by atoms with Gasteiger partial charge in [0.15, 0.2) is 22.9 Å². The van der Waals surface area contributed by atoms with E-state index < -0.39 is 11.6 Å². The van der Waals surface area contributed by atoms with Gasteiger partial charge in [-0.15, -0.1) is 0 Å². The number of nitrogens with zero attached hydrogens (tertiary/aromatic N) is 4. The minimum atomic E-state index is -0.714. The fraction of sp³-hybridized carbons (Fsp3) is 0.345. The molecule has 3 aromatic rings. The zero-order valence-electron chi connectivity index (χ0n) is 22.1. The summed E-state index contributed by atoms with van der Waals surface area (Å²) in [6.45, 7) is 10.3. The Morgan fingerprint density at radius 3 is 2.74 bits per heavy atom. The van der Waals surface area contributed by atoms with Crippen LogP contribution in [0.3, 0.4) is 0 Å². The highest BCUT2D eigenvalue weighted by molar-refractivity contribution is 5.67. The molecule has 1 aromatic heterocycles. The number of hydrogen-bond donors (Lipinski definition) is 2. The van der Waals surface area contributed by atoms with Gasteiger partial charge in [-0.3, -0.25) is 0 Å². The number of allylic oxidation sites excluding steroid dienone is 1. The molecule has 0 amide bonds. The van der Waals surface area contributed by atoms with Crippen molar-refractivity contribution in [2.24, 2.45) is 0 Å². The van der Waals surface area contributed by atoms with Gasteiger partial charge in [-0.05, 0) is 57.0 Å². The quantitative estimate of drug-likeness (QED) is 0.353. The molecular formula is C29H32F2N6O. The van der Waals surface area contributed by atoms with Gasteiger partial charge in [0.2, 0.25) is 5.88 Å². The van der Waals surface area contributed by atoms with Gasteiger partial charge in [0.1, 0.15) is 18.2 Å². The van der Waals surface area contributed by atoms with Crippen molar-refractivity contribution < 1.29 is 13.5 Å². The summed E-state index contributed by atoms with van der Waals surface area (Å²) in [5.41, 5.74) is 3.03. The second kappa shape index (κ2) is 12.0. The van der Waals surface area contributed by atoms with E-state index in [2.05, 4.69) is 32.4 Å². The molecule has 0 bridgehead atoms. The zero-order valence-corrected chi connectivity index (χ0v) is 22.1. The normalized spacial score (nSPS) is 15.8. The van der Waals surface area contributed by atoms with Crippen LogP contribution < -0.4 is 20.3 Å². The lowest BCUT2D eigenvalue weighted by Crippen LogP contribution is -2.49. The van der Waals surface area contributed by atoms with Gasteiger partial charge < -0.3 is 20.3 Å². The van der Waals surface area contributed by atoms with E-state index in [9.17, 15) is 9.65 Å². The highest BCUT2D eigenvalue weighted by Gasteiger charge is 2.21. The largest absolute Gasteiger partial charge is 0.434 e. The van der Waals surface area contributed by atoms with Crippen molar-refractivity contribution in [2.45, 2.75) is 46.6 Å². The molecule has 2 N–H and O–H groups in total. The van der Waals surface area contributed by atoms with E-state index in [-0.39, 0.29) is 34.1 Å². The molecule has 0 radical (unpaired) electrons. The summed E-state index contributed by atoms with van der Waals surface area (Å²) < 4.78 is 35.8. The third-order valence-electron chi connectivity index (χ3n) is 6.50. The molecule has 1 saturated heterocycles. The summed E-state index contributed by atoms with van der Waals surface area (Å²) in [6.07, 6.45) is 4.50. The molecule has 9 heteroatoms. The van der Waals surface area contributed by atoms with Gasteiger partial charge in [-0.2, -0.15) is 5.26 Å². The van der Waals surface area contributed by atoms with Crippen LogP contribution in [0.4, 0.5) is 26.0 Å². The SMILES string of the molecule is CCC/C(C)=C\c1c(C)c(F)cc(Oc2ncnc(Nc3ccc(N4CCN[C@@H](C)C4)cc3)c2C#N)c1F. The van der Waals surface area contributed by atoms with Crippen molar-refractivity contribution in [3.63, 3.8) is 0 Å². The van der Waals surface area contributed by atoms with Crippen molar-refractivity contribution in [3.05, 3.63) is 70.6 Å². The average molecular weight is 519 g/mol. The first-order valence-electron chi connectivity index (χ1n) is 12.7. The first kappa shape index (κ1) is 27.0. The van der Waals surface area contributed by atoms with E-state index in [1.54, 1.807) is 6.08 Å². The summed E-state index contributed by atoms with van der Waals surface area (Å²) in [4.78, 5) is 10.5. The number of nitrogens with one attached hydrogen (secondary N) is 2. The first-order chi connectivity index (χ1) is 18.3. The molecule has 7 nitrogen and oxygen atoms in total. The Kier molecular flexibility index (Phi) is 8.54. The summed E-state index contributed by atoms with van der Waals surface area (Å²) in [7, 11) is 0. The van der Waals surface area contributed by atoms with Crippen molar-refractivity contribution >= 4 is 23.3 Å². The number of hydrogen-bond acceptors (Lipinski definition) is 7. The maximum Gasteiger partial charge on any atom is 0.242 e. The molecule has 0 spiro atoms. The molecule has 2 aromatic carbocycles. The second-order valence-electron chi connectivity index (χ2n) is 9.54. The highest BCUT2D eigenvalue weighted by Crippen LogP contribution is 2.34. The van der Waals surface area contributed by atoms with Gasteiger partial charge in [0.05, 0.1) is 0 Å². The molecule has 0 saturated carbocycles. The van der Waals surface area contributed by atoms with Gasteiger partial charge in [-0.25, -0.2) is 18.7 Å². The molecule has 1 atom stereocenters. The van der Waals surface area contributed by atoms with E-state index in [1.165, 1.54) is 13.3 Å². The first-order valence-corrected chi connectivity index (χ1v) is 12.7. The van der Waals surface area contributed by atoms with Crippen LogP contribution in [0.2, 0.25) is 0 Å². The monoisotopic (exact) mass is 518 g/mol. The highest BCUT2D eigenvalue weighted by atomic mass is 19.1. The van der Waals surface area contributed by atoms with Crippen LogP contribution in [0, 0.1) is 29.9 Å². The van der Waals surface area contributed by atoms with Crippen LogP contribution in [0.15, 0.2) is 42.2 Å². The van der Waals surface area contributed by atoms with E-state index >= 15 is 4.39 Å². The molecule has 1 fully saturated rings. The van der Waals surface area contributed by atoms with Gasteiger partial charge in [0.25, 0.3) is 0 Å². The predicted molar refractivity (Wildman–Crippen MR) is 146 cm³/mol. The second-order valence-corrected chi connectivity index (χ2v) is 9.54. The number of aromatic nitrogens is 2. The van der Waals surface area contributed by atoms with Crippen molar-refractivity contribution in [3.8, 4) is 17.7 Å². The van der Waals surface area contributed by atoms with Crippen molar-refractivity contribution in [1.82, 2.24) is 15.3 Å². The number of piperazine rings is 1. The van der Waals surface area contributed by atoms with E-state index in [1.807, 2.05) is 44.2 Å². The summed E-state index contributed by atoms with van der Waals surface area (Å²) in [5, 5.41) is 16.4. The lowest BCUT2D eigenvalue weighted by atomic mass is 10.0. The zero-order chi connectivity index (χ0) is 27.2. The smallest absolute Gasteiger partial charge is 0.242 e. The van der Waals surface area contributed by atoms with Gasteiger partial charge in [-0.1, -0.05) is 25.0 Å². The molecule has 1 aliphatic rings. The third-order valence-corrected chi connectivity index (χ3v) is 6.50. The van der Waals surface area contributed by atoms with Crippen LogP contribution in [0.5, 0.6) is 11.6 Å². The Morgan fingerprint density at radius 2 is 2.05 bits per heavy atom. The molecule has 0 unspecified atom stereocenters. The van der Waals surface area contributed by atoms with Crippen LogP contribution in [-0.2, 0) is 0 Å². The van der Waals surface area contributed by atoms with Crippen LogP contribution in [0.25, 0.3) is 6.08 Å². The number of rotatable bonds is 8.